The van der Waals surface area contributed by atoms with E-state index in [4.69, 9.17) is 0 Å². The molecule has 0 saturated carbocycles. The number of halogens is 5. The van der Waals surface area contributed by atoms with Gasteiger partial charge in [0.05, 0.1) is 0 Å². The van der Waals surface area contributed by atoms with E-state index in [0.717, 1.165) is 27.7 Å². The molecule has 0 aliphatic rings. The Hall–Kier alpha value is -0.350. The smallest absolute Gasteiger partial charge is 0.237 e. The van der Waals surface area contributed by atoms with Crippen molar-refractivity contribution in [3.05, 3.63) is 0 Å². The van der Waals surface area contributed by atoms with Crippen molar-refractivity contribution in [2.24, 2.45) is 5.41 Å². The fourth-order valence-electron chi connectivity index (χ4n) is 1.02. The zero-order valence-electron chi connectivity index (χ0n) is 9.60. The lowest BCUT2D eigenvalue weighted by Crippen LogP contribution is -2.59. The van der Waals surface area contributed by atoms with Gasteiger partial charge in [0.2, 0.25) is 0 Å². The third-order valence-corrected chi connectivity index (χ3v) is 2.65. The summed E-state index contributed by atoms with van der Waals surface area (Å²) in [5.41, 5.74) is -5.19. The quantitative estimate of drug-likeness (QED) is 0.631. The van der Waals surface area contributed by atoms with Crippen LogP contribution in [0.1, 0.15) is 41.0 Å². The summed E-state index contributed by atoms with van der Waals surface area (Å²) in [5, 5.41) is 0. The monoisotopic (exact) mass is 232 g/mol. The molecule has 0 N–H and O–H groups in total. The van der Waals surface area contributed by atoms with Gasteiger partial charge in [-0.1, -0.05) is 27.7 Å². The van der Waals surface area contributed by atoms with Crippen molar-refractivity contribution < 1.29 is 22.0 Å². The van der Waals surface area contributed by atoms with Crippen LogP contribution >= 0.6 is 0 Å². The van der Waals surface area contributed by atoms with Crippen LogP contribution in [0.2, 0.25) is 0 Å². The van der Waals surface area contributed by atoms with Gasteiger partial charge in [-0.3, -0.25) is 0 Å². The summed E-state index contributed by atoms with van der Waals surface area (Å²) in [4.78, 5) is 0. The summed E-state index contributed by atoms with van der Waals surface area (Å²) in [5.74, 6) is -9.06. The maximum Gasteiger partial charge on any atom is 0.343 e. The fourth-order valence-corrected chi connectivity index (χ4v) is 1.02. The molecule has 1 unspecified atom stereocenters. The Balaban J connectivity index is 5.38. The third-order valence-electron chi connectivity index (χ3n) is 2.65. The van der Waals surface area contributed by atoms with Crippen LogP contribution in [0.4, 0.5) is 22.0 Å². The van der Waals surface area contributed by atoms with E-state index < -0.39 is 29.3 Å². The van der Waals surface area contributed by atoms with Gasteiger partial charge in [-0.15, -0.1) is 0 Å². The molecule has 0 aliphatic heterocycles. The van der Waals surface area contributed by atoms with Gasteiger partial charge in [-0.05, 0) is 13.3 Å². The second-order valence-corrected chi connectivity index (χ2v) is 4.95. The van der Waals surface area contributed by atoms with Gasteiger partial charge in [0.15, 0.2) is 5.67 Å². The standard InChI is InChI=1S/C10H17F5/c1-6-8(5,11)10(14,15)9(12,13)7(2,3)4/h6H2,1-5H3. The van der Waals surface area contributed by atoms with Crippen molar-refractivity contribution in [1.29, 1.82) is 0 Å². The molecule has 0 rings (SSSR count). The van der Waals surface area contributed by atoms with E-state index in [9.17, 15) is 22.0 Å². The molecule has 0 aromatic rings. The second-order valence-electron chi connectivity index (χ2n) is 4.95. The topological polar surface area (TPSA) is 0 Å². The van der Waals surface area contributed by atoms with Crippen LogP contribution in [0.25, 0.3) is 0 Å². The maximum absolute atomic E-state index is 13.4. The van der Waals surface area contributed by atoms with Crippen molar-refractivity contribution in [3.8, 4) is 0 Å². The van der Waals surface area contributed by atoms with Gasteiger partial charge < -0.3 is 0 Å². The zero-order chi connectivity index (χ0) is 12.7. The summed E-state index contributed by atoms with van der Waals surface area (Å²) < 4.78 is 66.9. The average molecular weight is 232 g/mol. The number of hydrogen-bond donors (Lipinski definition) is 0. The Morgan fingerprint density at radius 3 is 1.27 bits per heavy atom. The lowest BCUT2D eigenvalue weighted by Gasteiger charge is -2.41. The fraction of sp³-hybridized carbons (Fsp3) is 1.00. The molecule has 0 aromatic carbocycles. The Kier molecular flexibility index (Phi) is 3.51. The van der Waals surface area contributed by atoms with Crippen LogP contribution in [-0.4, -0.2) is 17.5 Å². The Morgan fingerprint density at radius 2 is 1.07 bits per heavy atom. The van der Waals surface area contributed by atoms with E-state index >= 15 is 0 Å². The van der Waals surface area contributed by atoms with E-state index in [1.54, 1.807) is 0 Å². The van der Waals surface area contributed by atoms with Crippen LogP contribution < -0.4 is 0 Å². The van der Waals surface area contributed by atoms with Gasteiger partial charge in [0, 0.05) is 5.41 Å². The highest BCUT2D eigenvalue weighted by Crippen LogP contribution is 2.53. The summed E-state index contributed by atoms with van der Waals surface area (Å²) in [7, 11) is 0. The summed E-state index contributed by atoms with van der Waals surface area (Å²) >= 11 is 0. The lowest BCUT2D eigenvalue weighted by molar-refractivity contribution is -0.303. The minimum atomic E-state index is -4.67. The van der Waals surface area contributed by atoms with E-state index in [-0.39, 0.29) is 0 Å². The molecule has 0 saturated heterocycles. The molecule has 15 heavy (non-hydrogen) atoms. The first-order valence-corrected chi connectivity index (χ1v) is 4.76. The Bertz CT molecular complexity index is 224. The van der Waals surface area contributed by atoms with Crippen LogP contribution in [0.3, 0.4) is 0 Å². The van der Waals surface area contributed by atoms with Crippen molar-refractivity contribution in [1.82, 2.24) is 0 Å². The molecular weight excluding hydrogens is 215 g/mol. The normalized spacial score (nSPS) is 18.8. The third kappa shape index (κ3) is 2.11. The molecule has 0 heterocycles. The van der Waals surface area contributed by atoms with Gasteiger partial charge in [0.25, 0.3) is 0 Å². The summed E-state index contributed by atoms with van der Waals surface area (Å²) in [6.07, 6.45) is -0.661. The largest absolute Gasteiger partial charge is 0.343 e. The molecule has 92 valence electrons. The number of rotatable bonds is 3. The van der Waals surface area contributed by atoms with E-state index in [1.807, 2.05) is 0 Å². The molecule has 0 nitrogen and oxygen atoms in total. The van der Waals surface area contributed by atoms with Crippen molar-refractivity contribution in [3.63, 3.8) is 0 Å². The molecule has 0 radical (unpaired) electrons. The molecule has 0 fully saturated rings. The molecule has 0 aliphatic carbocycles. The van der Waals surface area contributed by atoms with E-state index in [2.05, 4.69) is 0 Å². The maximum atomic E-state index is 13.4. The van der Waals surface area contributed by atoms with Crippen molar-refractivity contribution in [2.45, 2.75) is 58.6 Å². The lowest BCUT2D eigenvalue weighted by atomic mass is 9.78. The minimum absolute atomic E-state index is 0.507. The average Bonchev–Trinajstić information content (AvgIpc) is 2.01. The Labute approximate surface area is 86.9 Å². The van der Waals surface area contributed by atoms with Gasteiger partial charge in [0.1, 0.15) is 0 Å². The minimum Gasteiger partial charge on any atom is -0.237 e. The SMILES string of the molecule is CCC(C)(F)C(F)(F)C(F)(F)C(C)(C)C. The highest BCUT2D eigenvalue weighted by molar-refractivity contribution is 5.03. The highest BCUT2D eigenvalue weighted by atomic mass is 19.3. The highest BCUT2D eigenvalue weighted by Gasteiger charge is 2.71. The molecule has 0 amide bonds. The summed E-state index contributed by atoms with van der Waals surface area (Å²) in [6, 6.07) is 0. The van der Waals surface area contributed by atoms with Crippen LogP contribution in [0.5, 0.6) is 0 Å². The molecule has 1 atom stereocenters. The van der Waals surface area contributed by atoms with Crippen LogP contribution in [0, 0.1) is 5.41 Å². The molecule has 5 heteroatoms. The van der Waals surface area contributed by atoms with Gasteiger partial charge >= 0.3 is 11.8 Å². The van der Waals surface area contributed by atoms with Gasteiger partial charge in [-0.2, -0.15) is 17.6 Å². The van der Waals surface area contributed by atoms with Crippen LogP contribution in [-0.2, 0) is 0 Å². The number of alkyl halides is 5. The van der Waals surface area contributed by atoms with Crippen LogP contribution in [0.15, 0.2) is 0 Å². The molecule has 0 bridgehead atoms. The predicted molar refractivity (Wildman–Crippen MR) is 49.2 cm³/mol. The first kappa shape index (κ1) is 14.6. The predicted octanol–water partition coefficient (Wildman–Crippen LogP) is 4.44. The Morgan fingerprint density at radius 1 is 0.733 bits per heavy atom. The van der Waals surface area contributed by atoms with Crippen molar-refractivity contribution >= 4 is 0 Å². The second kappa shape index (κ2) is 3.59. The zero-order valence-corrected chi connectivity index (χ0v) is 9.60. The van der Waals surface area contributed by atoms with E-state index in [1.165, 1.54) is 0 Å². The first-order valence-electron chi connectivity index (χ1n) is 4.76. The number of hydrogen-bond acceptors (Lipinski definition) is 0. The molecular formula is C10H17F5. The van der Waals surface area contributed by atoms with Gasteiger partial charge in [-0.25, -0.2) is 4.39 Å². The molecule has 0 aromatic heterocycles. The summed E-state index contributed by atoms with van der Waals surface area (Å²) in [6.45, 7) is 4.52. The van der Waals surface area contributed by atoms with E-state index in [0.29, 0.717) is 6.92 Å². The first-order chi connectivity index (χ1) is 6.31. The molecule has 0 spiro atoms. The van der Waals surface area contributed by atoms with Crippen molar-refractivity contribution in [2.75, 3.05) is 0 Å².